The first-order valence-electron chi connectivity index (χ1n) is 8.69. The van der Waals surface area contributed by atoms with Crippen LogP contribution in [0.5, 0.6) is 5.75 Å². The van der Waals surface area contributed by atoms with Gasteiger partial charge < -0.3 is 14.8 Å². The van der Waals surface area contributed by atoms with Crippen molar-refractivity contribution in [1.82, 2.24) is 9.78 Å². The molecule has 1 amide bonds. The molecule has 0 radical (unpaired) electrons. The molecule has 0 fully saturated rings. The van der Waals surface area contributed by atoms with Crippen LogP contribution in [0.15, 0.2) is 60.8 Å². The molecule has 144 valence electrons. The van der Waals surface area contributed by atoms with Crippen LogP contribution in [-0.2, 0) is 16.6 Å². The van der Waals surface area contributed by atoms with Crippen molar-refractivity contribution in [3.8, 4) is 5.75 Å². The molecule has 1 atom stereocenters. The topological polar surface area (TPSA) is 82.4 Å². The number of aryl methyl sites for hydroxylation is 1. The van der Waals surface area contributed by atoms with Crippen molar-refractivity contribution in [2.24, 2.45) is 7.05 Å². The smallest absolute Gasteiger partial charge is 0.342 e. The minimum Gasteiger partial charge on any atom is -0.497 e. The zero-order chi connectivity index (χ0) is 20.1. The number of nitrogens with one attached hydrogen (secondary N) is 1. The summed E-state index contributed by atoms with van der Waals surface area (Å²) in [5, 5.41) is 6.83. The fourth-order valence-corrected chi connectivity index (χ4v) is 2.65. The van der Waals surface area contributed by atoms with Crippen molar-refractivity contribution in [2.45, 2.75) is 13.0 Å². The highest BCUT2D eigenvalue weighted by atomic mass is 16.5. The number of methoxy groups -OCH3 is 1. The van der Waals surface area contributed by atoms with Gasteiger partial charge in [0.05, 0.1) is 13.3 Å². The SMILES string of the molecule is COc1ccc(NC(=O)[C@H](OC(=O)c2cnn(C)c2C)c2ccccc2)cc1. The van der Waals surface area contributed by atoms with Crippen LogP contribution in [0.1, 0.15) is 27.7 Å². The van der Waals surface area contributed by atoms with Crippen LogP contribution in [0.4, 0.5) is 5.69 Å². The second kappa shape index (κ2) is 8.39. The van der Waals surface area contributed by atoms with E-state index >= 15 is 0 Å². The summed E-state index contributed by atoms with van der Waals surface area (Å²) in [7, 11) is 3.30. The second-order valence-corrected chi connectivity index (χ2v) is 6.18. The van der Waals surface area contributed by atoms with Gasteiger partial charge in [-0.2, -0.15) is 5.10 Å². The molecule has 0 spiro atoms. The third-order valence-electron chi connectivity index (χ3n) is 4.38. The predicted molar refractivity (Wildman–Crippen MR) is 104 cm³/mol. The molecule has 7 heteroatoms. The van der Waals surface area contributed by atoms with Gasteiger partial charge in [0.2, 0.25) is 6.10 Å². The molecule has 0 bridgehead atoms. The average Bonchev–Trinajstić information content (AvgIpc) is 3.06. The number of ether oxygens (including phenoxy) is 2. The van der Waals surface area contributed by atoms with E-state index in [-0.39, 0.29) is 0 Å². The molecule has 0 aliphatic rings. The lowest BCUT2D eigenvalue weighted by atomic mass is 10.1. The van der Waals surface area contributed by atoms with Gasteiger partial charge in [0, 0.05) is 24.0 Å². The second-order valence-electron chi connectivity index (χ2n) is 6.18. The summed E-state index contributed by atoms with van der Waals surface area (Å²) in [6.07, 6.45) is 0.330. The number of hydrogen-bond donors (Lipinski definition) is 1. The van der Waals surface area contributed by atoms with Crippen LogP contribution in [0, 0.1) is 6.92 Å². The van der Waals surface area contributed by atoms with E-state index in [1.54, 1.807) is 74.3 Å². The molecule has 1 aromatic heterocycles. The van der Waals surface area contributed by atoms with Crippen LogP contribution in [0.2, 0.25) is 0 Å². The predicted octanol–water partition coefficient (Wildman–Crippen LogP) is 3.27. The van der Waals surface area contributed by atoms with Gasteiger partial charge in [-0.3, -0.25) is 9.48 Å². The Labute approximate surface area is 162 Å². The molecule has 0 aliphatic carbocycles. The molecule has 0 aliphatic heterocycles. The Morgan fingerprint density at radius 3 is 2.32 bits per heavy atom. The summed E-state index contributed by atoms with van der Waals surface area (Å²) in [4.78, 5) is 25.5. The van der Waals surface area contributed by atoms with Gasteiger partial charge in [0.15, 0.2) is 0 Å². The number of anilines is 1. The molecule has 7 nitrogen and oxygen atoms in total. The Morgan fingerprint density at radius 2 is 1.75 bits per heavy atom. The fraction of sp³-hybridized carbons (Fsp3) is 0.190. The van der Waals surface area contributed by atoms with E-state index in [4.69, 9.17) is 9.47 Å². The minimum atomic E-state index is -1.10. The molecule has 0 unspecified atom stereocenters. The average molecular weight is 379 g/mol. The number of hydrogen-bond acceptors (Lipinski definition) is 5. The van der Waals surface area contributed by atoms with Crippen LogP contribution in [-0.4, -0.2) is 28.8 Å². The zero-order valence-corrected chi connectivity index (χ0v) is 15.9. The van der Waals surface area contributed by atoms with Crippen LogP contribution in [0.25, 0.3) is 0 Å². The Hall–Kier alpha value is -3.61. The Bertz CT molecular complexity index is 965. The number of amides is 1. The summed E-state index contributed by atoms with van der Waals surface area (Å²) in [6.45, 7) is 1.76. The molecule has 2 aromatic carbocycles. The van der Waals surface area contributed by atoms with E-state index in [0.29, 0.717) is 28.3 Å². The van der Waals surface area contributed by atoms with Gasteiger partial charge in [-0.05, 0) is 31.2 Å². The zero-order valence-electron chi connectivity index (χ0n) is 15.9. The van der Waals surface area contributed by atoms with Crippen molar-refractivity contribution in [2.75, 3.05) is 12.4 Å². The lowest BCUT2D eigenvalue weighted by Gasteiger charge is -2.18. The highest BCUT2D eigenvalue weighted by molar-refractivity contribution is 5.98. The summed E-state index contributed by atoms with van der Waals surface area (Å²) in [5.74, 6) is -0.383. The number of esters is 1. The molecule has 0 saturated carbocycles. The summed E-state index contributed by atoms with van der Waals surface area (Å²) >= 11 is 0. The normalized spacial score (nSPS) is 11.5. The van der Waals surface area contributed by atoms with Crippen molar-refractivity contribution in [1.29, 1.82) is 0 Å². The van der Waals surface area contributed by atoms with E-state index < -0.39 is 18.0 Å². The van der Waals surface area contributed by atoms with E-state index in [2.05, 4.69) is 10.4 Å². The van der Waals surface area contributed by atoms with E-state index in [1.807, 2.05) is 6.07 Å². The standard InChI is InChI=1S/C21H21N3O4/c1-14-18(13-22-24(14)2)21(26)28-19(15-7-5-4-6-8-15)20(25)23-16-9-11-17(27-3)12-10-16/h4-13,19H,1-3H3,(H,23,25)/t19-/m1/s1. The monoisotopic (exact) mass is 379 g/mol. The molecular weight excluding hydrogens is 358 g/mol. The number of carbonyl (C=O) groups is 2. The van der Waals surface area contributed by atoms with E-state index in [0.717, 1.165) is 0 Å². The van der Waals surface area contributed by atoms with Crippen LogP contribution in [0.3, 0.4) is 0 Å². The largest absolute Gasteiger partial charge is 0.497 e. The lowest BCUT2D eigenvalue weighted by molar-refractivity contribution is -0.125. The molecular formula is C21H21N3O4. The maximum Gasteiger partial charge on any atom is 0.342 e. The molecule has 28 heavy (non-hydrogen) atoms. The van der Waals surface area contributed by atoms with Gasteiger partial charge in [-0.25, -0.2) is 4.79 Å². The Balaban J connectivity index is 1.83. The number of nitrogens with zero attached hydrogens (tertiary/aromatic N) is 2. The van der Waals surface area contributed by atoms with E-state index in [9.17, 15) is 9.59 Å². The molecule has 0 saturated heterocycles. The van der Waals surface area contributed by atoms with Crippen molar-refractivity contribution >= 4 is 17.6 Å². The first kappa shape index (κ1) is 19.2. The summed E-state index contributed by atoms with van der Waals surface area (Å²) < 4.78 is 12.3. The van der Waals surface area contributed by atoms with E-state index in [1.165, 1.54) is 6.20 Å². The maximum absolute atomic E-state index is 12.9. The van der Waals surface area contributed by atoms with Crippen LogP contribution < -0.4 is 10.1 Å². The van der Waals surface area contributed by atoms with Gasteiger partial charge in [-0.15, -0.1) is 0 Å². The fourth-order valence-electron chi connectivity index (χ4n) is 2.65. The molecule has 1 N–H and O–H groups in total. The third kappa shape index (κ3) is 4.20. The summed E-state index contributed by atoms with van der Waals surface area (Å²) in [5.41, 5.74) is 2.12. The van der Waals surface area contributed by atoms with Crippen molar-refractivity contribution < 1.29 is 19.1 Å². The van der Waals surface area contributed by atoms with Gasteiger partial charge >= 0.3 is 5.97 Å². The van der Waals surface area contributed by atoms with Gasteiger partial charge in [0.25, 0.3) is 5.91 Å². The number of aromatic nitrogens is 2. The summed E-state index contributed by atoms with van der Waals surface area (Å²) in [6, 6.07) is 15.8. The molecule has 1 heterocycles. The highest BCUT2D eigenvalue weighted by Gasteiger charge is 2.27. The van der Waals surface area contributed by atoms with Gasteiger partial charge in [-0.1, -0.05) is 30.3 Å². The first-order valence-corrected chi connectivity index (χ1v) is 8.69. The lowest BCUT2D eigenvalue weighted by Crippen LogP contribution is -2.26. The third-order valence-corrected chi connectivity index (χ3v) is 4.38. The van der Waals surface area contributed by atoms with Gasteiger partial charge in [0.1, 0.15) is 11.3 Å². The Morgan fingerprint density at radius 1 is 1.07 bits per heavy atom. The first-order chi connectivity index (χ1) is 13.5. The minimum absolute atomic E-state index is 0.320. The number of carbonyl (C=O) groups excluding carboxylic acids is 2. The quantitative estimate of drug-likeness (QED) is 0.665. The molecule has 3 rings (SSSR count). The number of benzene rings is 2. The number of rotatable bonds is 6. The molecule has 3 aromatic rings. The van der Waals surface area contributed by atoms with Crippen molar-refractivity contribution in [3.63, 3.8) is 0 Å². The van der Waals surface area contributed by atoms with Crippen molar-refractivity contribution in [3.05, 3.63) is 77.6 Å². The van der Waals surface area contributed by atoms with Crippen LogP contribution >= 0.6 is 0 Å². The maximum atomic E-state index is 12.9. The highest BCUT2D eigenvalue weighted by Crippen LogP contribution is 2.23. The Kier molecular flexibility index (Phi) is 5.74.